The predicted octanol–water partition coefficient (Wildman–Crippen LogP) is 1.84. The maximum absolute atomic E-state index is 5.42. The Hall–Kier alpha value is -1.88. The van der Waals surface area contributed by atoms with Crippen molar-refractivity contribution in [3.63, 3.8) is 0 Å². The summed E-state index contributed by atoms with van der Waals surface area (Å²) >= 11 is 4.79. The van der Waals surface area contributed by atoms with Gasteiger partial charge in [0.05, 0.1) is 0 Å². The molecule has 0 radical (unpaired) electrons. The van der Waals surface area contributed by atoms with E-state index in [1.807, 2.05) is 42.0 Å². The van der Waals surface area contributed by atoms with E-state index in [9.17, 15) is 0 Å². The van der Waals surface area contributed by atoms with Crippen molar-refractivity contribution in [2.75, 3.05) is 5.32 Å². The molecular weight excluding hydrogens is 220 g/mol. The van der Waals surface area contributed by atoms with E-state index in [1.54, 1.807) is 6.20 Å². The van der Waals surface area contributed by atoms with Gasteiger partial charge in [0.2, 0.25) is 0 Å². The van der Waals surface area contributed by atoms with E-state index in [0.29, 0.717) is 0 Å². The standard InChI is InChI=1S/C11H12N4S/c1-8-13-5-6-15(8)10-4-2-3-9(7-10)14-11(12)16/h2-7H,1H3,(H3,12,14,16). The molecule has 0 amide bonds. The van der Waals surface area contributed by atoms with Crippen LogP contribution in [0.4, 0.5) is 5.69 Å². The monoisotopic (exact) mass is 232 g/mol. The van der Waals surface area contributed by atoms with Gasteiger partial charge in [-0.25, -0.2) is 4.98 Å². The van der Waals surface area contributed by atoms with Gasteiger partial charge in [0, 0.05) is 23.8 Å². The highest BCUT2D eigenvalue weighted by Crippen LogP contribution is 2.15. The molecule has 0 unspecified atom stereocenters. The summed E-state index contributed by atoms with van der Waals surface area (Å²) in [5.41, 5.74) is 7.32. The molecule has 1 aromatic carbocycles. The van der Waals surface area contributed by atoms with Gasteiger partial charge in [0.25, 0.3) is 0 Å². The number of aromatic nitrogens is 2. The molecule has 2 aromatic rings. The fourth-order valence-electron chi connectivity index (χ4n) is 1.53. The molecule has 0 bridgehead atoms. The normalized spacial score (nSPS) is 10.1. The van der Waals surface area contributed by atoms with E-state index in [2.05, 4.69) is 10.3 Å². The maximum atomic E-state index is 5.42. The lowest BCUT2D eigenvalue weighted by atomic mass is 10.2. The van der Waals surface area contributed by atoms with Gasteiger partial charge in [-0.2, -0.15) is 0 Å². The lowest BCUT2D eigenvalue weighted by Gasteiger charge is -2.08. The zero-order chi connectivity index (χ0) is 11.5. The second-order valence-electron chi connectivity index (χ2n) is 3.38. The molecule has 0 atom stereocenters. The number of hydrogen-bond donors (Lipinski definition) is 2. The van der Waals surface area contributed by atoms with E-state index < -0.39 is 0 Å². The summed E-state index contributed by atoms with van der Waals surface area (Å²) in [6.07, 6.45) is 3.68. The van der Waals surface area contributed by atoms with Crippen LogP contribution in [0.15, 0.2) is 36.7 Å². The topological polar surface area (TPSA) is 55.9 Å². The van der Waals surface area contributed by atoms with E-state index >= 15 is 0 Å². The van der Waals surface area contributed by atoms with Crippen LogP contribution < -0.4 is 11.1 Å². The van der Waals surface area contributed by atoms with Gasteiger partial charge in [-0.1, -0.05) is 6.07 Å². The SMILES string of the molecule is Cc1nccn1-c1cccc(NC(N)=S)c1. The first-order valence-corrected chi connectivity index (χ1v) is 5.24. The van der Waals surface area contributed by atoms with Gasteiger partial charge in [0.15, 0.2) is 5.11 Å². The van der Waals surface area contributed by atoms with E-state index in [-0.39, 0.29) is 5.11 Å². The lowest BCUT2D eigenvalue weighted by molar-refractivity contribution is 0.975. The van der Waals surface area contributed by atoms with Crippen LogP contribution in [-0.2, 0) is 0 Å². The van der Waals surface area contributed by atoms with Crippen molar-refractivity contribution in [1.82, 2.24) is 9.55 Å². The van der Waals surface area contributed by atoms with Gasteiger partial charge in [0.1, 0.15) is 5.82 Å². The number of nitrogens with one attached hydrogen (secondary N) is 1. The van der Waals surface area contributed by atoms with Crippen molar-refractivity contribution in [2.45, 2.75) is 6.92 Å². The summed E-state index contributed by atoms with van der Waals surface area (Å²) in [7, 11) is 0. The smallest absolute Gasteiger partial charge is 0.168 e. The number of aryl methyl sites for hydroxylation is 1. The van der Waals surface area contributed by atoms with E-state index in [0.717, 1.165) is 17.2 Å². The Morgan fingerprint density at radius 1 is 1.50 bits per heavy atom. The number of hydrogen-bond acceptors (Lipinski definition) is 2. The van der Waals surface area contributed by atoms with E-state index in [1.165, 1.54) is 0 Å². The van der Waals surface area contributed by atoms with Crippen molar-refractivity contribution in [3.8, 4) is 5.69 Å². The molecule has 1 heterocycles. The van der Waals surface area contributed by atoms with Crippen LogP contribution >= 0.6 is 12.2 Å². The number of anilines is 1. The van der Waals surface area contributed by atoms with Crippen molar-refractivity contribution >= 4 is 23.0 Å². The Labute approximate surface area is 99.1 Å². The van der Waals surface area contributed by atoms with Gasteiger partial charge in [-0.3, -0.25) is 0 Å². The molecule has 16 heavy (non-hydrogen) atoms. The first-order valence-electron chi connectivity index (χ1n) is 4.83. The number of nitrogens with two attached hydrogens (primary N) is 1. The third-order valence-corrected chi connectivity index (χ3v) is 2.32. The molecule has 4 nitrogen and oxygen atoms in total. The second-order valence-corrected chi connectivity index (χ2v) is 3.82. The molecule has 5 heteroatoms. The molecule has 0 saturated carbocycles. The summed E-state index contributed by atoms with van der Waals surface area (Å²) in [6, 6.07) is 7.82. The third kappa shape index (κ3) is 2.20. The average Bonchev–Trinajstić information content (AvgIpc) is 2.64. The van der Waals surface area contributed by atoms with Gasteiger partial charge >= 0.3 is 0 Å². The minimum atomic E-state index is 0.263. The minimum Gasteiger partial charge on any atom is -0.376 e. The van der Waals surface area contributed by atoms with Crippen LogP contribution in [0.3, 0.4) is 0 Å². The molecule has 0 saturated heterocycles. The summed E-state index contributed by atoms with van der Waals surface area (Å²) in [6.45, 7) is 1.95. The van der Waals surface area contributed by atoms with Crippen LogP contribution in [0.25, 0.3) is 5.69 Å². The molecule has 82 valence electrons. The van der Waals surface area contributed by atoms with Crippen molar-refractivity contribution in [2.24, 2.45) is 5.73 Å². The Bertz CT molecular complexity index is 518. The van der Waals surface area contributed by atoms with E-state index in [4.69, 9.17) is 18.0 Å². The Balaban J connectivity index is 2.36. The fourth-order valence-corrected chi connectivity index (χ4v) is 1.64. The van der Waals surface area contributed by atoms with Gasteiger partial charge in [-0.05, 0) is 37.3 Å². The quantitative estimate of drug-likeness (QED) is 0.776. The number of nitrogens with zero attached hydrogens (tertiary/aromatic N) is 2. The molecule has 0 aliphatic carbocycles. The molecule has 2 rings (SSSR count). The second kappa shape index (κ2) is 4.32. The molecule has 0 fully saturated rings. The van der Waals surface area contributed by atoms with Crippen LogP contribution in [0.2, 0.25) is 0 Å². The lowest BCUT2D eigenvalue weighted by Crippen LogP contribution is -2.18. The van der Waals surface area contributed by atoms with Crippen LogP contribution in [-0.4, -0.2) is 14.7 Å². The maximum Gasteiger partial charge on any atom is 0.168 e. The van der Waals surface area contributed by atoms with Gasteiger partial charge in [-0.15, -0.1) is 0 Å². The first-order chi connectivity index (χ1) is 7.66. The van der Waals surface area contributed by atoms with Crippen molar-refractivity contribution in [3.05, 3.63) is 42.5 Å². The van der Waals surface area contributed by atoms with Crippen molar-refractivity contribution in [1.29, 1.82) is 0 Å². The van der Waals surface area contributed by atoms with Gasteiger partial charge < -0.3 is 15.6 Å². The molecular formula is C11H12N4S. The molecule has 0 spiro atoms. The summed E-state index contributed by atoms with van der Waals surface area (Å²) in [4.78, 5) is 4.18. The number of thiocarbonyl (C=S) groups is 1. The summed E-state index contributed by atoms with van der Waals surface area (Å²) in [5.74, 6) is 0.937. The Kier molecular flexibility index (Phi) is 2.87. The number of rotatable bonds is 2. The average molecular weight is 232 g/mol. The number of benzene rings is 1. The number of imidazole rings is 1. The Morgan fingerprint density at radius 2 is 2.31 bits per heavy atom. The summed E-state index contributed by atoms with van der Waals surface area (Å²) in [5, 5.41) is 3.17. The predicted molar refractivity (Wildman–Crippen MR) is 68.7 cm³/mol. The van der Waals surface area contributed by atoms with Crippen LogP contribution in [0.5, 0.6) is 0 Å². The fraction of sp³-hybridized carbons (Fsp3) is 0.0909. The van der Waals surface area contributed by atoms with Crippen molar-refractivity contribution < 1.29 is 0 Å². The zero-order valence-electron chi connectivity index (χ0n) is 8.84. The first kappa shape index (κ1) is 10.6. The highest BCUT2D eigenvalue weighted by atomic mass is 32.1. The molecule has 1 aromatic heterocycles. The zero-order valence-corrected chi connectivity index (χ0v) is 9.66. The molecule has 0 aliphatic rings. The molecule has 0 aliphatic heterocycles. The van der Waals surface area contributed by atoms with Crippen LogP contribution in [0, 0.1) is 6.92 Å². The Morgan fingerprint density at radius 3 is 2.94 bits per heavy atom. The largest absolute Gasteiger partial charge is 0.376 e. The highest BCUT2D eigenvalue weighted by Gasteiger charge is 2.01. The summed E-state index contributed by atoms with van der Waals surface area (Å²) < 4.78 is 1.99. The highest BCUT2D eigenvalue weighted by molar-refractivity contribution is 7.80. The molecule has 3 N–H and O–H groups in total. The third-order valence-electron chi connectivity index (χ3n) is 2.22. The minimum absolute atomic E-state index is 0.263. The van der Waals surface area contributed by atoms with Crippen LogP contribution in [0.1, 0.15) is 5.82 Å².